The van der Waals surface area contributed by atoms with Crippen LogP contribution in [0.4, 0.5) is 5.69 Å². The number of aryl methyl sites for hydroxylation is 2. The van der Waals surface area contributed by atoms with Gasteiger partial charge in [-0.1, -0.05) is 33.6 Å². The number of nitrogens with one attached hydrogen (secondary N) is 2. The second kappa shape index (κ2) is 9.51. The van der Waals surface area contributed by atoms with E-state index in [-0.39, 0.29) is 5.11 Å². The van der Waals surface area contributed by atoms with E-state index in [0.717, 1.165) is 21.1 Å². The first kappa shape index (κ1) is 23.2. The van der Waals surface area contributed by atoms with Crippen LogP contribution in [0.15, 0.2) is 57.4 Å². The summed E-state index contributed by atoms with van der Waals surface area (Å²) in [7, 11) is 1.52. The van der Waals surface area contributed by atoms with Crippen LogP contribution in [-0.2, 0) is 0 Å². The summed E-state index contributed by atoms with van der Waals surface area (Å²) in [4.78, 5) is 17.4. The van der Waals surface area contributed by atoms with Gasteiger partial charge in [0, 0.05) is 10.0 Å². The van der Waals surface area contributed by atoms with Gasteiger partial charge in [-0.3, -0.25) is 10.1 Å². The van der Waals surface area contributed by atoms with Crippen molar-refractivity contribution in [3.63, 3.8) is 0 Å². The minimum absolute atomic E-state index is 0.0897. The molecular formula is C24H19BrClN3O3S. The van der Waals surface area contributed by atoms with E-state index in [9.17, 15) is 4.79 Å². The van der Waals surface area contributed by atoms with Crippen LogP contribution in [0.1, 0.15) is 21.5 Å². The van der Waals surface area contributed by atoms with Crippen molar-refractivity contribution in [1.82, 2.24) is 10.3 Å². The summed E-state index contributed by atoms with van der Waals surface area (Å²) in [6.07, 6.45) is 0. The minimum Gasteiger partial charge on any atom is -0.496 e. The maximum absolute atomic E-state index is 12.8. The summed E-state index contributed by atoms with van der Waals surface area (Å²) in [5, 5.41) is 6.17. The Labute approximate surface area is 209 Å². The molecule has 3 aromatic carbocycles. The lowest BCUT2D eigenvalue weighted by molar-refractivity contribution is 0.0974. The Kier molecular flexibility index (Phi) is 6.69. The van der Waals surface area contributed by atoms with E-state index in [0.29, 0.717) is 39.1 Å². The number of carbonyl (C=O) groups is 1. The average molecular weight is 545 g/mol. The van der Waals surface area contributed by atoms with E-state index < -0.39 is 5.91 Å². The first-order valence-corrected chi connectivity index (χ1v) is 11.5. The Bertz CT molecular complexity index is 1400. The standard InChI is InChI=1S/C24H19BrClN3O3S/c1-12-4-7-20-19(8-12)27-23(32-20)14-5-6-17(26)18(10-14)28-24(33)29-22(30)16-11-15(25)9-13(2)21(16)31-3/h4-11H,1-3H3,(H2,28,29,30,33). The molecule has 0 aliphatic carbocycles. The molecule has 168 valence electrons. The molecule has 1 heterocycles. The zero-order valence-electron chi connectivity index (χ0n) is 18.0. The molecule has 1 amide bonds. The second-order valence-corrected chi connectivity index (χ2v) is 9.13. The Hall–Kier alpha value is -2.94. The highest BCUT2D eigenvalue weighted by Gasteiger charge is 2.18. The number of ether oxygens (including phenoxy) is 1. The molecule has 4 aromatic rings. The second-order valence-electron chi connectivity index (χ2n) is 7.40. The molecule has 0 radical (unpaired) electrons. The number of hydrogen-bond acceptors (Lipinski definition) is 5. The minimum atomic E-state index is -0.407. The quantitative estimate of drug-likeness (QED) is 0.280. The summed E-state index contributed by atoms with van der Waals surface area (Å²) in [6, 6.07) is 14.6. The lowest BCUT2D eigenvalue weighted by Crippen LogP contribution is -2.34. The molecule has 0 bridgehead atoms. The summed E-state index contributed by atoms with van der Waals surface area (Å²) in [6.45, 7) is 3.86. The molecule has 0 aliphatic heterocycles. The zero-order valence-corrected chi connectivity index (χ0v) is 21.1. The van der Waals surface area contributed by atoms with Gasteiger partial charge in [0.1, 0.15) is 11.3 Å². The van der Waals surface area contributed by atoms with Gasteiger partial charge in [0.05, 0.1) is 23.4 Å². The third-order valence-corrected chi connectivity index (χ3v) is 5.91. The number of hydrogen-bond donors (Lipinski definition) is 2. The lowest BCUT2D eigenvalue weighted by Gasteiger charge is -2.14. The first-order chi connectivity index (χ1) is 15.7. The zero-order chi connectivity index (χ0) is 23.7. The molecule has 0 fully saturated rings. The van der Waals surface area contributed by atoms with Crippen LogP contribution in [0.25, 0.3) is 22.6 Å². The van der Waals surface area contributed by atoms with Gasteiger partial charge in [0.2, 0.25) is 5.89 Å². The summed E-state index contributed by atoms with van der Waals surface area (Å²) >= 11 is 15.1. The van der Waals surface area contributed by atoms with Crippen molar-refractivity contribution in [2.45, 2.75) is 13.8 Å². The number of anilines is 1. The fourth-order valence-electron chi connectivity index (χ4n) is 3.41. The highest BCUT2D eigenvalue weighted by molar-refractivity contribution is 9.10. The lowest BCUT2D eigenvalue weighted by atomic mass is 10.1. The molecule has 2 N–H and O–H groups in total. The Balaban J connectivity index is 1.55. The first-order valence-electron chi connectivity index (χ1n) is 9.88. The van der Waals surface area contributed by atoms with Crippen molar-refractivity contribution in [3.8, 4) is 17.2 Å². The van der Waals surface area contributed by atoms with Crippen molar-refractivity contribution < 1.29 is 13.9 Å². The fourth-order valence-corrected chi connectivity index (χ4v) is 4.35. The van der Waals surface area contributed by atoms with Crippen molar-refractivity contribution in [3.05, 3.63) is 74.7 Å². The topological polar surface area (TPSA) is 76.4 Å². The van der Waals surface area contributed by atoms with Crippen molar-refractivity contribution >= 4 is 67.6 Å². The van der Waals surface area contributed by atoms with Gasteiger partial charge in [-0.15, -0.1) is 0 Å². The molecule has 33 heavy (non-hydrogen) atoms. The van der Waals surface area contributed by atoms with E-state index >= 15 is 0 Å². The van der Waals surface area contributed by atoms with Crippen LogP contribution in [0, 0.1) is 13.8 Å². The number of halogens is 2. The van der Waals surface area contributed by atoms with E-state index in [2.05, 4.69) is 31.5 Å². The number of fused-ring (bicyclic) bond motifs is 1. The number of methoxy groups -OCH3 is 1. The molecule has 0 atom stereocenters. The van der Waals surface area contributed by atoms with Gasteiger partial charge in [0.15, 0.2) is 10.7 Å². The van der Waals surface area contributed by atoms with Crippen LogP contribution in [0.3, 0.4) is 0 Å². The number of thiocarbonyl (C=S) groups is 1. The van der Waals surface area contributed by atoms with Crippen LogP contribution < -0.4 is 15.4 Å². The van der Waals surface area contributed by atoms with Gasteiger partial charge < -0.3 is 14.5 Å². The van der Waals surface area contributed by atoms with E-state index in [1.807, 2.05) is 44.2 Å². The molecule has 6 nitrogen and oxygen atoms in total. The van der Waals surface area contributed by atoms with Crippen molar-refractivity contribution in [2.75, 3.05) is 12.4 Å². The van der Waals surface area contributed by atoms with Gasteiger partial charge >= 0.3 is 0 Å². The highest BCUT2D eigenvalue weighted by atomic mass is 79.9. The predicted molar refractivity (Wildman–Crippen MR) is 138 cm³/mol. The number of rotatable bonds is 4. The third-order valence-electron chi connectivity index (χ3n) is 4.92. The number of benzene rings is 3. The normalized spacial score (nSPS) is 10.8. The molecular weight excluding hydrogens is 526 g/mol. The van der Waals surface area contributed by atoms with Crippen LogP contribution in [0.2, 0.25) is 5.02 Å². The third kappa shape index (κ3) is 5.03. The number of amides is 1. The Morgan fingerprint density at radius 2 is 1.94 bits per heavy atom. The smallest absolute Gasteiger partial charge is 0.261 e. The van der Waals surface area contributed by atoms with Gasteiger partial charge in [-0.05, 0) is 79.7 Å². The maximum atomic E-state index is 12.8. The summed E-state index contributed by atoms with van der Waals surface area (Å²) in [5.74, 6) is 0.527. The highest BCUT2D eigenvalue weighted by Crippen LogP contribution is 2.31. The van der Waals surface area contributed by atoms with Gasteiger partial charge in [-0.2, -0.15) is 0 Å². The Morgan fingerprint density at radius 1 is 1.15 bits per heavy atom. The monoisotopic (exact) mass is 543 g/mol. The molecule has 1 aromatic heterocycles. The molecule has 0 saturated carbocycles. The molecule has 0 saturated heterocycles. The fraction of sp³-hybridized carbons (Fsp3) is 0.125. The van der Waals surface area contributed by atoms with E-state index in [1.54, 1.807) is 18.2 Å². The Morgan fingerprint density at radius 3 is 2.70 bits per heavy atom. The molecule has 0 spiro atoms. The molecule has 4 rings (SSSR count). The molecule has 0 unspecified atom stereocenters. The van der Waals surface area contributed by atoms with Crippen LogP contribution >= 0.6 is 39.7 Å². The number of carbonyl (C=O) groups excluding carboxylic acids is 1. The van der Waals surface area contributed by atoms with Gasteiger partial charge in [0.25, 0.3) is 5.91 Å². The number of nitrogens with zero attached hydrogens (tertiary/aromatic N) is 1. The average Bonchev–Trinajstić information content (AvgIpc) is 3.17. The van der Waals surface area contributed by atoms with E-state index in [4.69, 9.17) is 33.0 Å². The number of aromatic nitrogens is 1. The van der Waals surface area contributed by atoms with Gasteiger partial charge in [-0.25, -0.2) is 4.98 Å². The predicted octanol–water partition coefficient (Wildman–Crippen LogP) is 6.66. The van der Waals surface area contributed by atoms with Crippen molar-refractivity contribution in [2.24, 2.45) is 0 Å². The summed E-state index contributed by atoms with van der Waals surface area (Å²) < 4.78 is 12.0. The van der Waals surface area contributed by atoms with E-state index in [1.165, 1.54) is 7.11 Å². The SMILES string of the molecule is COc1c(C)cc(Br)cc1C(=O)NC(=S)Nc1cc(-c2nc3cc(C)ccc3o2)ccc1Cl. The van der Waals surface area contributed by atoms with Crippen molar-refractivity contribution in [1.29, 1.82) is 0 Å². The van der Waals surface area contributed by atoms with Crippen LogP contribution in [-0.4, -0.2) is 23.1 Å². The largest absolute Gasteiger partial charge is 0.496 e. The summed E-state index contributed by atoms with van der Waals surface area (Å²) in [5.41, 5.74) is 4.97. The molecule has 9 heteroatoms. The van der Waals surface area contributed by atoms with Crippen LogP contribution in [0.5, 0.6) is 5.75 Å². The number of oxazole rings is 1. The molecule has 0 aliphatic rings. The maximum Gasteiger partial charge on any atom is 0.261 e.